The first-order valence-corrected chi connectivity index (χ1v) is 5.67. The molecule has 0 heterocycles. The first kappa shape index (κ1) is 12.4. The Kier molecular flexibility index (Phi) is 5.57. The van der Waals surface area contributed by atoms with Gasteiger partial charge >= 0.3 is 6.03 Å². The maximum atomic E-state index is 11.4. The van der Waals surface area contributed by atoms with Gasteiger partial charge in [-0.05, 0) is 25.7 Å². The first-order chi connectivity index (χ1) is 7.24. The minimum Gasteiger partial charge on any atom is -0.395 e. The number of nitrogens with zero attached hydrogens (tertiary/aromatic N) is 1. The Morgan fingerprint density at radius 2 is 2.40 bits per heavy atom. The molecular weight excluding hydrogens is 212 g/mol. The van der Waals surface area contributed by atoms with Gasteiger partial charge in [-0.3, -0.25) is 4.31 Å². The number of allylic oxidation sites excluding steroid dienone is 1. The van der Waals surface area contributed by atoms with E-state index in [9.17, 15) is 4.79 Å². The third-order valence-corrected chi connectivity index (χ3v) is 2.68. The van der Waals surface area contributed by atoms with E-state index < -0.39 is 0 Å². The molecule has 0 saturated carbocycles. The monoisotopic (exact) mass is 230 g/mol. The number of carbonyl (C=O) groups excluding carboxylic acids is 1. The van der Waals surface area contributed by atoms with Crippen molar-refractivity contribution in [2.45, 2.75) is 25.7 Å². The lowest BCUT2D eigenvalue weighted by Crippen LogP contribution is -2.36. The van der Waals surface area contributed by atoms with E-state index in [1.165, 1.54) is 22.7 Å². The molecule has 4 nitrogen and oxygen atoms in total. The molecule has 1 aliphatic carbocycles. The van der Waals surface area contributed by atoms with Crippen LogP contribution in [0.25, 0.3) is 0 Å². The smallest absolute Gasteiger partial charge is 0.327 e. The van der Waals surface area contributed by atoms with Gasteiger partial charge < -0.3 is 10.4 Å². The predicted molar refractivity (Wildman–Crippen MR) is 62.7 cm³/mol. The summed E-state index contributed by atoms with van der Waals surface area (Å²) in [6.07, 6.45) is 6.80. The molecule has 0 fully saturated rings. The van der Waals surface area contributed by atoms with E-state index in [1.807, 2.05) is 0 Å². The molecule has 0 spiro atoms. The van der Waals surface area contributed by atoms with Crippen LogP contribution in [0.1, 0.15) is 25.7 Å². The normalized spacial score (nSPS) is 15.7. The van der Waals surface area contributed by atoms with Crippen molar-refractivity contribution < 1.29 is 9.90 Å². The van der Waals surface area contributed by atoms with Crippen LogP contribution in [0.3, 0.4) is 0 Å². The summed E-state index contributed by atoms with van der Waals surface area (Å²) in [6, 6.07) is -0.251. The third kappa shape index (κ3) is 4.57. The van der Waals surface area contributed by atoms with Crippen LogP contribution in [0.5, 0.6) is 0 Å². The Bertz CT molecular complexity index is 244. The van der Waals surface area contributed by atoms with E-state index in [0.29, 0.717) is 6.54 Å². The summed E-state index contributed by atoms with van der Waals surface area (Å²) in [4.78, 5) is 11.4. The van der Waals surface area contributed by atoms with E-state index in [2.05, 4.69) is 24.2 Å². The molecule has 0 radical (unpaired) electrons. The number of amides is 2. The summed E-state index contributed by atoms with van der Waals surface area (Å²) < 4.78 is 1.35. The zero-order valence-electron chi connectivity index (χ0n) is 8.78. The fraction of sp³-hybridized carbons (Fsp3) is 0.700. The minimum absolute atomic E-state index is 0.0456. The summed E-state index contributed by atoms with van der Waals surface area (Å²) in [5.41, 5.74) is 1.27. The lowest BCUT2D eigenvalue weighted by atomic mass is 10.00. The van der Waals surface area contributed by atoms with Gasteiger partial charge in [0.05, 0.1) is 13.2 Å². The van der Waals surface area contributed by atoms with Crippen LogP contribution in [0.2, 0.25) is 0 Å². The Labute approximate surface area is 95.9 Å². The van der Waals surface area contributed by atoms with Crippen LogP contribution in [-0.2, 0) is 0 Å². The van der Waals surface area contributed by atoms with Crippen LogP contribution in [0.4, 0.5) is 4.79 Å². The summed E-state index contributed by atoms with van der Waals surface area (Å²) in [6.45, 7) is 0.797. The Morgan fingerprint density at radius 1 is 1.60 bits per heavy atom. The fourth-order valence-electron chi connectivity index (χ4n) is 1.57. The van der Waals surface area contributed by atoms with E-state index in [0.717, 1.165) is 12.8 Å². The van der Waals surface area contributed by atoms with Gasteiger partial charge in [-0.2, -0.15) is 0 Å². The molecule has 5 heteroatoms. The van der Waals surface area contributed by atoms with Gasteiger partial charge in [0, 0.05) is 6.54 Å². The minimum atomic E-state index is -0.251. The maximum absolute atomic E-state index is 11.4. The number of hydrogen-bond acceptors (Lipinski definition) is 3. The highest BCUT2D eigenvalue weighted by Gasteiger charge is 2.12. The molecule has 1 aliphatic rings. The van der Waals surface area contributed by atoms with Gasteiger partial charge in [-0.1, -0.05) is 24.5 Å². The molecule has 0 unspecified atom stereocenters. The molecular formula is C10H18N2O2S. The molecule has 15 heavy (non-hydrogen) atoms. The van der Waals surface area contributed by atoms with Gasteiger partial charge in [0.25, 0.3) is 0 Å². The van der Waals surface area contributed by atoms with Crippen molar-refractivity contribution in [1.29, 1.82) is 0 Å². The lowest BCUT2D eigenvalue weighted by molar-refractivity contribution is 0.222. The standard InChI is InChI=1S/C10H18N2O2S/c13-7-6-11-10(14)12(15)8-9-4-2-1-3-5-9/h4,13,15H,1-3,5-8H2,(H,11,14). The van der Waals surface area contributed by atoms with Crippen LogP contribution in [0, 0.1) is 0 Å². The number of aliphatic hydroxyl groups excluding tert-OH is 1. The van der Waals surface area contributed by atoms with Crippen molar-refractivity contribution >= 4 is 18.8 Å². The fourth-order valence-corrected chi connectivity index (χ4v) is 1.82. The van der Waals surface area contributed by atoms with Crippen molar-refractivity contribution in [2.75, 3.05) is 19.7 Å². The van der Waals surface area contributed by atoms with Crippen LogP contribution < -0.4 is 5.32 Å². The average Bonchev–Trinajstić information content (AvgIpc) is 2.27. The second-order valence-electron chi connectivity index (χ2n) is 3.62. The van der Waals surface area contributed by atoms with Gasteiger partial charge in [-0.25, -0.2) is 4.79 Å². The van der Waals surface area contributed by atoms with Crippen molar-refractivity contribution in [1.82, 2.24) is 9.62 Å². The zero-order chi connectivity index (χ0) is 11.1. The summed E-state index contributed by atoms with van der Waals surface area (Å²) in [5.74, 6) is 0. The number of urea groups is 1. The highest BCUT2D eigenvalue weighted by Crippen LogP contribution is 2.18. The molecule has 2 N–H and O–H groups in total. The molecule has 0 aromatic carbocycles. The van der Waals surface area contributed by atoms with Crippen LogP contribution in [-0.4, -0.2) is 35.1 Å². The molecule has 86 valence electrons. The van der Waals surface area contributed by atoms with E-state index in [1.54, 1.807) is 0 Å². The van der Waals surface area contributed by atoms with Crippen LogP contribution in [0.15, 0.2) is 11.6 Å². The molecule has 0 atom stereocenters. The second kappa shape index (κ2) is 6.74. The SMILES string of the molecule is O=C(NCCO)N(S)CC1=CCCCC1. The number of hydrogen-bond donors (Lipinski definition) is 3. The first-order valence-electron chi connectivity index (χ1n) is 5.27. The third-order valence-electron chi connectivity index (χ3n) is 2.36. The number of rotatable bonds is 4. The van der Waals surface area contributed by atoms with Crippen molar-refractivity contribution in [3.63, 3.8) is 0 Å². The Morgan fingerprint density at radius 3 is 3.00 bits per heavy atom. The zero-order valence-corrected chi connectivity index (χ0v) is 9.67. The van der Waals surface area contributed by atoms with Gasteiger partial charge in [0.2, 0.25) is 0 Å². The molecule has 0 saturated heterocycles. The number of aliphatic hydroxyl groups is 1. The van der Waals surface area contributed by atoms with E-state index in [-0.39, 0.29) is 19.2 Å². The highest BCUT2D eigenvalue weighted by atomic mass is 32.1. The average molecular weight is 230 g/mol. The second-order valence-corrected chi connectivity index (χ2v) is 4.10. The molecule has 2 amide bonds. The summed E-state index contributed by atoms with van der Waals surface area (Å²) in [7, 11) is 0. The maximum Gasteiger partial charge on any atom is 0.327 e. The van der Waals surface area contributed by atoms with Crippen molar-refractivity contribution in [2.24, 2.45) is 0 Å². The Balaban J connectivity index is 2.30. The molecule has 0 aliphatic heterocycles. The van der Waals surface area contributed by atoms with Gasteiger partial charge in [-0.15, -0.1) is 0 Å². The van der Waals surface area contributed by atoms with E-state index in [4.69, 9.17) is 5.11 Å². The van der Waals surface area contributed by atoms with Crippen LogP contribution >= 0.6 is 12.8 Å². The summed E-state index contributed by atoms with van der Waals surface area (Å²) in [5, 5.41) is 11.1. The molecule has 0 aromatic rings. The van der Waals surface area contributed by atoms with Crippen molar-refractivity contribution in [3.8, 4) is 0 Å². The molecule has 1 rings (SSSR count). The van der Waals surface area contributed by atoms with Crippen molar-refractivity contribution in [3.05, 3.63) is 11.6 Å². The number of thiol groups is 1. The Hall–Kier alpha value is -0.680. The quantitative estimate of drug-likeness (QED) is 0.504. The lowest BCUT2D eigenvalue weighted by Gasteiger charge is -2.20. The summed E-state index contributed by atoms with van der Waals surface area (Å²) >= 11 is 4.11. The van der Waals surface area contributed by atoms with E-state index >= 15 is 0 Å². The topological polar surface area (TPSA) is 52.6 Å². The largest absolute Gasteiger partial charge is 0.395 e. The van der Waals surface area contributed by atoms with Gasteiger partial charge in [0.1, 0.15) is 0 Å². The predicted octanol–water partition coefficient (Wildman–Crippen LogP) is 1.34. The van der Waals surface area contributed by atoms with Gasteiger partial charge in [0.15, 0.2) is 0 Å². The number of carbonyl (C=O) groups is 1. The highest BCUT2D eigenvalue weighted by molar-refractivity contribution is 7.78. The number of nitrogens with one attached hydrogen (secondary N) is 1. The molecule has 0 bridgehead atoms. The molecule has 0 aromatic heterocycles.